The van der Waals surface area contributed by atoms with Crippen LogP contribution in [0.5, 0.6) is 0 Å². The van der Waals surface area contributed by atoms with Crippen molar-refractivity contribution in [3.8, 4) is 0 Å². The fourth-order valence-electron chi connectivity index (χ4n) is 2.38. The summed E-state index contributed by atoms with van der Waals surface area (Å²) in [5, 5.41) is 0. The highest BCUT2D eigenvalue weighted by atomic mass is 19.1. The summed E-state index contributed by atoms with van der Waals surface area (Å²) in [6, 6.07) is 6.57. The first-order valence-corrected chi connectivity index (χ1v) is 7.24. The second kappa shape index (κ2) is 8.28. The number of halogens is 1. The van der Waals surface area contributed by atoms with Gasteiger partial charge in [-0.25, -0.2) is 4.39 Å². The third-order valence-corrected chi connectivity index (χ3v) is 3.62. The molecule has 0 heterocycles. The van der Waals surface area contributed by atoms with E-state index in [2.05, 4.69) is 25.8 Å². The molecule has 0 aliphatic rings. The van der Waals surface area contributed by atoms with Crippen LogP contribution in [0.2, 0.25) is 0 Å². The van der Waals surface area contributed by atoms with Crippen LogP contribution >= 0.6 is 0 Å². The van der Waals surface area contributed by atoms with Crippen molar-refractivity contribution in [1.29, 1.82) is 0 Å². The second-order valence-electron chi connectivity index (χ2n) is 5.49. The average molecular weight is 266 g/mol. The van der Waals surface area contributed by atoms with E-state index < -0.39 is 0 Å². The molecule has 0 radical (unpaired) electrons. The molecule has 1 aromatic rings. The van der Waals surface area contributed by atoms with Crippen molar-refractivity contribution < 1.29 is 4.39 Å². The lowest BCUT2D eigenvalue weighted by Gasteiger charge is -2.26. The molecule has 0 bridgehead atoms. The molecule has 2 nitrogen and oxygen atoms in total. The lowest BCUT2D eigenvalue weighted by atomic mass is 9.94. The van der Waals surface area contributed by atoms with Crippen LogP contribution in [-0.4, -0.2) is 25.0 Å². The number of benzene rings is 1. The molecule has 0 amide bonds. The molecule has 0 aliphatic carbocycles. The molecule has 2 N–H and O–H groups in total. The first-order chi connectivity index (χ1) is 9.06. The molecule has 2 unspecified atom stereocenters. The van der Waals surface area contributed by atoms with Crippen molar-refractivity contribution in [1.82, 2.24) is 4.90 Å². The van der Waals surface area contributed by atoms with E-state index in [-0.39, 0.29) is 17.8 Å². The van der Waals surface area contributed by atoms with E-state index in [0.717, 1.165) is 13.1 Å². The van der Waals surface area contributed by atoms with Crippen molar-refractivity contribution in [2.75, 3.05) is 20.1 Å². The molecule has 0 fully saturated rings. The van der Waals surface area contributed by atoms with Crippen LogP contribution in [0.1, 0.15) is 44.7 Å². The zero-order valence-electron chi connectivity index (χ0n) is 12.4. The fourth-order valence-corrected chi connectivity index (χ4v) is 2.38. The van der Waals surface area contributed by atoms with Gasteiger partial charge in [0, 0.05) is 18.2 Å². The van der Waals surface area contributed by atoms with E-state index in [1.165, 1.54) is 25.3 Å². The molecule has 1 aromatic carbocycles. The summed E-state index contributed by atoms with van der Waals surface area (Å²) in [6.07, 6.45) is 3.71. The number of nitrogens with two attached hydrogens (primary N) is 1. The largest absolute Gasteiger partial charge is 0.324 e. The first-order valence-electron chi connectivity index (χ1n) is 7.24. The molecule has 0 aliphatic heterocycles. The van der Waals surface area contributed by atoms with Gasteiger partial charge in [-0.3, -0.25) is 0 Å². The Morgan fingerprint density at radius 1 is 1.26 bits per heavy atom. The lowest BCUT2D eigenvalue weighted by Crippen LogP contribution is -2.32. The van der Waals surface area contributed by atoms with Crippen molar-refractivity contribution in [3.63, 3.8) is 0 Å². The van der Waals surface area contributed by atoms with Crippen LogP contribution in [0.15, 0.2) is 24.3 Å². The molecule has 0 saturated carbocycles. The summed E-state index contributed by atoms with van der Waals surface area (Å²) in [5.41, 5.74) is 6.80. The second-order valence-corrected chi connectivity index (χ2v) is 5.49. The number of rotatable bonds is 8. The van der Waals surface area contributed by atoms with E-state index >= 15 is 0 Å². The molecule has 3 heteroatoms. The summed E-state index contributed by atoms with van der Waals surface area (Å²) < 4.78 is 13.7. The molecular weight excluding hydrogens is 239 g/mol. The minimum absolute atomic E-state index is 0.199. The standard InChI is InChI=1S/C16H27FN2/c1-4-5-8-11-19(3)12-13(2)16(18)14-9-6-7-10-15(14)17/h6-7,9-10,13,16H,4-5,8,11-12,18H2,1-3H3. The van der Waals surface area contributed by atoms with E-state index in [0.29, 0.717) is 5.56 Å². The van der Waals surface area contributed by atoms with E-state index in [9.17, 15) is 4.39 Å². The van der Waals surface area contributed by atoms with Crippen LogP contribution in [-0.2, 0) is 0 Å². The Bertz CT molecular complexity index is 368. The number of hydrogen-bond donors (Lipinski definition) is 1. The van der Waals surface area contributed by atoms with Gasteiger partial charge in [-0.1, -0.05) is 44.9 Å². The maximum Gasteiger partial charge on any atom is 0.127 e. The number of unbranched alkanes of at least 4 members (excludes halogenated alkanes) is 2. The zero-order valence-corrected chi connectivity index (χ0v) is 12.4. The zero-order chi connectivity index (χ0) is 14.3. The molecular formula is C16H27FN2. The summed E-state index contributed by atoms with van der Waals surface area (Å²) in [6.45, 7) is 6.28. The highest BCUT2D eigenvalue weighted by Gasteiger charge is 2.19. The van der Waals surface area contributed by atoms with E-state index in [1.54, 1.807) is 12.1 Å². The molecule has 0 spiro atoms. The maximum absolute atomic E-state index is 13.7. The normalized spacial score (nSPS) is 14.6. The Morgan fingerprint density at radius 2 is 1.95 bits per heavy atom. The van der Waals surface area contributed by atoms with Gasteiger partial charge in [0.15, 0.2) is 0 Å². The predicted molar refractivity (Wildman–Crippen MR) is 79.5 cm³/mol. The number of nitrogens with zero attached hydrogens (tertiary/aromatic N) is 1. The summed E-state index contributed by atoms with van der Waals surface area (Å²) in [7, 11) is 2.11. The Hall–Kier alpha value is -0.930. The minimum atomic E-state index is -0.241. The quantitative estimate of drug-likeness (QED) is 0.729. The van der Waals surface area contributed by atoms with Gasteiger partial charge in [0.25, 0.3) is 0 Å². The predicted octanol–water partition coefficient (Wildman–Crippen LogP) is 3.58. The van der Waals surface area contributed by atoms with Gasteiger partial charge in [-0.05, 0) is 32.0 Å². The van der Waals surface area contributed by atoms with Crippen LogP contribution in [0.25, 0.3) is 0 Å². The van der Waals surface area contributed by atoms with Gasteiger partial charge in [0.2, 0.25) is 0 Å². The van der Waals surface area contributed by atoms with Crippen LogP contribution in [0, 0.1) is 11.7 Å². The third kappa shape index (κ3) is 5.29. The Balaban J connectivity index is 2.48. The van der Waals surface area contributed by atoms with E-state index in [4.69, 9.17) is 5.73 Å². The van der Waals surface area contributed by atoms with Crippen molar-refractivity contribution in [2.24, 2.45) is 11.7 Å². The molecule has 2 atom stereocenters. The Labute approximate surface area is 116 Å². The smallest absolute Gasteiger partial charge is 0.127 e. The van der Waals surface area contributed by atoms with Crippen molar-refractivity contribution in [2.45, 2.75) is 39.2 Å². The fraction of sp³-hybridized carbons (Fsp3) is 0.625. The summed E-state index contributed by atoms with van der Waals surface area (Å²) in [4.78, 5) is 2.29. The van der Waals surface area contributed by atoms with E-state index in [1.807, 2.05) is 6.07 Å². The van der Waals surface area contributed by atoms with Gasteiger partial charge in [-0.15, -0.1) is 0 Å². The Kier molecular flexibility index (Phi) is 7.03. The topological polar surface area (TPSA) is 29.3 Å². The van der Waals surface area contributed by atoms with Crippen LogP contribution in [0.3, 0.4) is 0 Å². The lowest BCUT2D eigenvalue weighted by molar-refractivity contribution is 0.258. The van der Waals surface area contributed by atoms with Gasteiger partial charge < -0.3 is 10.6 Å². The van der Waals surface area contributed by atoms with Crippen molar-refractivity contribution in [3.05, 3.63) is 35.6 Å². The highest BCUT2D eigenvalue weighted by molar-refractivity contribution is 5.21. The van der Waals surface area contributed by atoms with Gasteiger partial charge in [-0.2, -0.15) is 0 Å². The number of hydrogen-bond acceptors (Lipinski definition) is 2. The van der Waals surface area contributed by atoms with Gasteiger partial charge in [0.05, 0.1) is 0 Å². The van der Waals surface area contributed by atoms with Crippen molar-refractivity contribution >= 4 is 0 Å². The summed E-state index contributed by atoms with van der Waals surface area (Å²) in [5.74, 6) is 0.0408. The highest BCUT2D eigenvalue weighted by Crippen LogP contribution is 2.22. The molecule has 19 heavy (non-hydrogen) atoms. The third-order valence-electron chi connectivity index (χ3n) is 3.62. The maximum atomic E-state index is 13.7. The first kappa shape index (κ1) is 16.1. The monoisotopic (exact) mass is 266 g/mol. The summed E-state index contributed by atoms with van der Waals surface area (Å²) >= 11 is 0. The SMILES string of the molecule is CCCCCN(C)CC(C)C(N)c1ccccc1F. The molecule has 1 rings (SSSR count). The molecule has 108 valence electrons. The molecule has 0 saturated heterocycles. The van der Waals surface area contributed by atoms with Crippen LogP contribution in [0.4, 0.5) is 4.39 Å². The minimum Gasteiger partial charge on any atom is -0.324 e. The van der Waals surface area contributed by atoms with Crippen LogP contribution < -0.4 is 5.73 Å². The van der Waals surface area contributed by atoms with Gasteiger partial charge >= 0.3 is 0 Å². The molecule has 0 aromatic heterocycles. The Morgan fingerprint density at radius 3 is 2.58 bits per heavy atom. The average Bonchev–Trinajstić information content (AvgIpc) is 2.38. The van der Waals surface area contributed by atoms with Gasteiger partial charge in [0.1, 0.15) is 5.82 Å².